The number of thiazole rings is 1. The highest BCUT2D eigenvalue weighted by Crippen LogP contribution is 2.43. The average Bonchev–Trinajstić information content (AvgIpc) is 2.76. The minimum atomic E-state index is -0.0414. The molecule has 1 aliphatic carbocycles. The van der Waals surface area contributed by atoms with Crippen molar-refractivity contribution in [1.29, 1.82) is 0 Å². The third-order valence-electron chi connectivity index (χ3n) is 3.39. The van der Waals surface area contributed by atoms with Gasteiger partial charge in [-0.2, -0.15) is 0 Å². The maximum Gasteiger partial charge on any atom is 0.194 e. The molecule has 0 radical (unpaired) electrons. The van der Waals surface area contributed by atoms with Gasteiger partial charge in [-0.25, -0.2) is 4.98 Å². The fourth-order valence-electron chi connectivity index (χ4n) is 2.17. The van der Waals surface area contributed by atoms with Crippen molar-refractivity contribution in [3.63, 3.8) is 0 Å². The van der Waals surface area contributed by atoms with Crippen molar-refractivity contribution in [2.45, 2.75) is 18.4 Å². The third-order valence-corrected chi connectivity index (χ3v) is 4.42. The highest BCUT2D eigenvalue weighted by atomic mass is 32.1. The van der Waals surface area contributed by atoms with Gasteiger partial charge in [-0.15, -0.1) is 0 Å². The van der Waals surface area contributed by atoms with Crippen molar-refractivity contribution >= 4 is 26.5 Å². The van der Waals surface area contributed by atoms with Gasteiger partial charge in [0.05, 0.1) is 10.2 Å². The lowest BCUT2D eigenvalue weighted by atomic mass is 10.1. The van der Waals surface area contributed by atoms with Gasteiger partial charge in [0.2, 0.25) is 0 Å². The molecule has 0 amide bonds. The predicted octanol–water partition coefficient (Wildman–Crippen LogP) is 2.50. The molecule has 1 aliphatic rings. The zero-order valence-corrected chi connectivity index (χ0v) is 9.50. The van der Waals surface area contributed by atoms with Crippen LogP contribution in [0.4, 0.5) is 0 Å². The number of nitrogens with zero attached hydrogens (tertiary/aromatic N) is 2. The lowest BCUT2D eigenvalue weighted by Gasteiger charge is -2.08. The van der Waals surface area contributed by atoms with Gasteiger partial charge in [0.25, 0.3) is 0 Å². The molecule has 1 fully saturated rings. The first-order valence-electron chi connectivity index (χ1n) is 5.41. The van der Waals surface area contributed by atoms with Crippen LogP contribution in [0.15, 0.2) is 30.6 Å². The smallest absolute Gasteiger partial charge is 0.194 e. The Labute approximate surface area is 96.5 Å². The molecule has 1 saturated carbocycles. The van der Waals surface area contributed by atoms with Crippen LogP contribution in [0.2, 0.25) is 0 Å². The van der Waals surface area contributed by atoms with E-state index in [0.717, 1.165) is 17.8 Å². The molecule has 2 aromatic heterocycles. The second-order valence-electron chi connectivity index (χ2n) is 4.52. The van der Waals surface area contributed by atoms with Gasteiger partial charge in [0.15, 0.2) is 4.96 Å². The molecule has 0 atom stereocenters. The third kappa shape index (κ3) is 1.03. The first-order valence-corrected chi connectivity index (χ1v) is 6.23. The topological polar surface area (TPSA) is 43.3 Å². The maximum absolute atomic E-state index is 6.21. The average molecular weight is 229 g/mol. The van der Waals surface area contributed by atoms with Gasteiger partial charge >= 0.3 is 0 Å². The Hall–Kier alpha value is -1.39. The van der Waals surface area contributed by atoms with E-state index in [9.17, 15) is 0 Å². The summed E-state index contributed by atoms with van der Waals surface area (Å²) in [5, 5.41) is 0. The lowest BCUT2D eigenvalue weighted by Crippen LogP contribution is -2.18. The monoisotopic (exact) mass is 229 g/mol. The highest BCUT2D eigenvalue weighted by molar-refractivity contribution is 7.23. The molecule has 2 N–H and O–H groups in total. The summed E-state index contributed by atoms with van der Waals surface area (Å²) in [6, 6.07) is 6.53. The second-order valence-corrected chi connectivity index (χ2v) is 5.53. The number of hydrogen-bond donors (Lipinski definition) is 1. The van der Waals surface area contributed by atoms with Gasteiger partial charge in [-0.3, -0.25) is 4.40 Å². The number of imidazole rings is 1. The van der Waals surface area contributed by atoms with Crippen molar-refractivity contribution in [3.05, 3.63) is 36.2 Å². The van der Waals surface area contributed by atoms with Crippen LogP contribution in [0.25, 0.3) is 15.2 Å². The molecule has 4 rings (SSSR count). The Morgan fingerprint density at radius 1 is 1.38 bits per heavy atom. The van der Waals surface area contributed by atoms with Crippen molar-refractivity contribution in [1.82, 2.24) is 9.38 Å². The number of nitrogens with two attached hydrogens (primary N) is 1. The largest absolute Gasteiger partial charge is 0.321 e. The first kappa shape index (κ1) is 8.73. The Kier molecular flexibility index (Phi) is 1.44. The molecule has 3 nitrogen and oxygen atoms in total. The summed E-state index contributed by atoms with van der Waals surface area (Å²) in [5.41, 5.74) is 8.66. The van der Waals surface area contributed by atoms with E-state index >= 15 is 0 Å². The summed E-state index contributed by atoms with van der Waals surface area (Å²) in [5.74, 6) is 0. The number of benzene rings is 1. The Morgan fingerprint density at radius 2 is 2.25 bits per heavy atom. The zero-order chi connectivity index (χ0) is 10.8. The minimum absolute atomic E-state index is 0.0414. The number of hydrogen-bond acceptors (Lipinski definition) is 3. The molecule has 0 unspecified atom stereocenters. The summed E-state index contributed by atoms with van der Waals surface area (Å²) < 4.78 is 3.40. The number of aromatic nitrogens is 2. The van der Waals surface area contributed by atoms with Gasteiger partial charge in [-0.05, 0) is 30.5 Å². The van der Waals surface area contributed by atoms with Crippen molar-refractivity contribution < 1.29 is 0 Å². The molecule has 16 heavy (non-hydrogen) atoms. The van der Waals surface area contributed by atoms with E-state index in [1.165, 1.54) is 15.8 Å². The SMILES string of the molecule is NC1(c2ccc3c(c2)sc2nccn23)CC1. The van der Waals surface area contributed by atoms with Crippen LogP contribution in [0, 0.1) is 0 Å². The van der Waals surface area contributed by atoms with Crippen LogP contribution in [0.5, 0.6) is 0 Å². The number of rotatable bonds is 1. The molecule has 2 heterocycles. The lowest BCUT2D eigenvalue weighted by molar-refractivity contribution is 0.741. The molecule has 80 valence electrons. The fourth-order valence-corrected chi connectivity index (χ4v) is 3.20. The van der Waals surface area contributed by atoms with Crippen molar-refractivity contribution in [3.8, 4) is 0 Å². The molecule has 0 aliphatic heterocycles. The maximum atomic E-state index is 6.21. The van der Waals surface area contributed by atoms with Crippen LogP contribution in [0.1, 0.15) is 18.4 Å². The van der Waals surface area contributed by atoms with Gasteiger partial charge in [-0.1, -0.05) is 17.4 Å². The highest BCUT2D eigenvalue weighted by Gasteiger charge is 2.40. The first-order chi connectivity index (χ1) is 7.76. The Balaban J connectivity index is 2.04. The molecule has 1 aromatic carbocycles. The summed E-state index contributed by atoms with van der Waals surface area (Å²) >= 11 is 1.72. The summed E-state index contributed by atoms with van der Waals surface area (Å²) in [7, 11) is 0. The predicted molar refractivity (Wildman–Crippen MR) is 65.7 cm³/mol. The molecule has 0 bridgehead atoms. The van der Waals surface area contributed by atoms with Crippen LogP contribution in [-0.4, -0.2) is 9.38 Å². The fraction of sp³-hybridized carbons (Fsp3) is 0.250. The Morgan fingerprint density at radius 3 is 3.06 bits per heavy atom. The summed E-state index contributed by atoms with van der Waals surface area (Å²) in [6.07, 6.45) is 6.07. The van der Waals surface area contributed by atoms with E-state index in [4.69, 9.17) is 5.73 Å². The molecular weight excluding hydrogens is 218 g/mol. The van der Waals surface area contributed by atoms with E-state index in [1.807, 2.05) is 12.4 Å². The van der Waals surface area contributed by atoms with Gasteiger partial charge in [0, 0.05) is 17.9 Å². The Bertz CT molecular complexity index is 690. The van der Waals surface area contributed by atoms with E-state index < -0.39 is 0 Å². The van der Waals surface area contributed by atoms with Crippen LogP contribution < -0.4 is 5.73 Å². The van der Waals surface area contributed by atoms with Gasteiger partial charge < -0.3 is 5.73 Å². The minimum Gasteiger partial charge on any atom is -0.321 e. The standard InChI is InChI=1S/C12H11N3S/c13-12(3-4-12)8-1-2-9-10(7-8)16-11-14-5-6-15(9)11/h1-2,5-7H,3-4,13H2. The van der Waals surface area contributed by atoms with Crippen LogP contribution >= 0.6 is 11.3 Å². The van der Waals surface area contributed by atoms with E-state index in [-0.39, 0.29) is 5.54 Å². The van der Waals surface area contributed by atoms with E-state index in [2.05, 4.69) is 27.6 Å². The molecular formula is C12H11N3S. The normalized spacial score (nSPS) is 18.3. The number of fused-ring (bicyclic) bond motifs is 3. The second kappa shape index (κ2) is 2.64. The van der Waals surface area contributed by atoms with E-state index in [0.29, 0.717) is 0 Å². The zero-order valence-electron chi connectivity index (χ0n) is 8.68. The van der Waals surface area contributed by atoms with E-state index in [1.54, 1.807) is 11.3 Å². The molecule has 0 saturated heterocycles. The molecule has 0 spiro atoms. The quantitative estimate of drug-likeness (QED) is 0.696. The molecule has 4 heteroatoms. The van der Waals surface area contributed by atoms with Gasteiger partial charge in [0.1, 0.15) is 0 Å². The molecule has 3 aromatic rings. The van der Waals surface area contributed by atoms with Crippen molar-refractivity contribution in [2.75, 3.05) is 0 Å². The van der Waals surface area contributed by atoms with Crippen LogP contribution in [0.3, 0.4) is 0 Å². The summed E-state index contributed by atoms with van der Waals surface area (Å²) in [4.78, 5) is 5.36. The van der Waals surface area contributed by atoms with Crippen LogP contribution in [-0.2, 0) is 5.54 Å². The van der Waals surface area contributed by atoms with Crippen molar-refractivity contribution in [2.24, 2.45) is 5.73 Å². The summed E-state index contributed by atoms with van der Waals surface area (Å²) in [6.45, 7) is 0.